The zero-order valence-electron chi connectivity index (χ0n) is 25.5. The first-order chi connectivity index (χ1) is 23.1. The number of aromatic hydroxyl groups is 1. The van der Waals surface area contributed by atoms with E-state index in [-0.39, 0.29) is 5.75 Å². The number of nitrogens with zero attached hydrogens (tertiary/aromatic N) is 2. The molecule has 1 aliphatic rings. The van der Waals surface area contributed by atoms with Crippen LogP contribution >= 0.6 is 11.3 Å². The summed E-state index contributed by atoms with van der Waals surface area (Å²) in [6.45, 7) is 0. The molecule has 2 N–H and O–H groups in total. The molecule has 9 rings (SSSR count). The third kappa shape index (κ3) is 4.58. The number of hydrogen-bond acceptors (Lipinski definition) is 4. The van der Waals surface area contributed by atoms with Gasteiger partial charge in [-0.1, -0.05) is 66.7 Å². The number of phenolic OH excluding ortho intramolecular Hbond substituents is 1. The van der Waals surface area contributed by atoms with Crippen LogP contribution < -0.4 is 4.90 Å². The first kappa shape index (κ1) is 27.5. The number of allylic oxidation sites excluding steroid dienone is 1. The number of phenols is 1. The Hall–Kier alpha value is -5.78. The van der Waals surface area contributed by atoms with Crippen LogP contribution in [0, 0.1) is 0 Å². The van der Waals surface area contributed by atoms with Gasteiger partial charge in [0.15, 0.2) is 0 Å². The van der Waals surface area contributed by atoms with Crippen LogP contribution in [-0.2, 0) is 6.42 Å². The van der Waals surface area contributed by atoms with E-state index in [0.717, 1.165) is 56.8 Å². The molecule has 0 atom stereocenters. The maximum atomic E-state index is 10.5. The molecule has 4 nitrogen and oxygen atoms in total. The van der Waals surface area contributed by atoms with E-state index in [9.17, 15) is 10.2 Å². The van der Waals surface area contributed by atoms with Crippen molar-refractivity contribution in [1.29, 1.82) is 0 Å². The molecule has 0 radical (unpaired) electrons. The first-order valence-corrected chi connectivity index (χ1v) is 16.7. The van der Waals surface area contributed by atoms with Gasteiger partial charge in [0, 0.05) is 55.6 Å². The van der Waals surface area contributed by atoms with E-state index in [1.165, 1.54) is 25.9 Å². The van der Waals surface area contributed by atoms with Crippen molar-refractivity contribution in [2.75, 3.05) is 4.90 Å². The second-order valence-corrected chi connectivity index (χ2v) is 13.1. The molecule has 2 heterocycles. The van der Waals surface area contributed by atoms with Crippen molar-refractivity contribution >= 4 is 65.6 Å². The minimum absolute atomic E-state index is 0.242. The summed E-state index contributed by atoms with van der Waals surface area (Å²) in [6.07, 6.45) is 3.39. The Morgan fingerprint density at radius 3 is 2.11 bits per heavy atom. The summed E-state index contributed by atoms with van der Waals surface area (Å²) in [7, 11) is 0. The van der Waals surface area contributed by atoms with E-state index in [2.05, 4.69) is 119 Å². The normalized spacial score (nSPS) is 12.8. The zero-order chi connectivity index (χ0) is 31.5. The van der Waals surface area contributed by atoms with Gasteiger partial charge in [-0.2, -0.15) is 0 Å². The average molecular weight is 627 g/mol. The van der Waals surface area contributed by atoms with Crippen LogP contribution in [0.3, 0.4) is 0 Å². The Labute approximate surface area is 276 Å². The Balaban J connectivity index is 1.17. The molecule has 5 heteroatoms. The monoisotopic (exact) mass is 626 g/mol. The molecule has 0 spiro atoms. The SMILES string of the molecule is OC1=Cc2c(n(-c3ccccc3)c3ccc(-c4ccc(N(c5ccc(O)cc5)c5cccc6c5sc5ccccc56)cc4)cc23)CC1. The Morgan fingerprint density at radius 1 is 0.596 bits per heavy atom. The number of aliphatic hydroxyl groups is 1. The summed E-state index contributed by atoms with van der Waals surface area (Å²) < 4.78 is 4.82. The van der Waals surface area contributed by atoms with Gasteiger partial charge in [0.2, 0.25) is 0 Å². The van der Waals surface area contributed by atoms with Crippen molar-refractivity contribution in [3.63, 3.8) is 0 Å². The Kier molecular flexibility index (Phi) is 6.40. The highest BCUT2D eigenvalue weighted by Gasteiger charge is 2.22. The maximum absolute atomic E-state index is 10.5. The molecule has 0 unspecified atom stereocenters. The molecule has 6 aromatic carbocycles. The molecule has 1 aliphatic carbocycles. The predicted octanol–water partition coefficient (Wildman–Crippen LogP) is 11.7. The lowest BCUT2D eigenvalue weighted by Crippen LogP contribution is -2.09. The minimum Gasteiger partial charge on any atom is -0.512 e. The number of para-hydroxylation sites is 1. The smallest absolute Gasteiger partial charge is 0.115 e. The second kappa shape index (κ2) is 10.9. The van der Waals surface area contributed by atoms with Crippen molar-refractivity contribution in [3.8, 4) is 22.6 Å². The highest BCUT2D eigenvalue weighted by Crippen LogP contribution is 2.45. The molecule has 0 fully saturated rings. The van der Waals surface area contributed by atoms with Crippen LogP contribution in [0.1, 0.15) is 17.7 Å². The van der Waals surface area contributed by atoms with Gasteiger partial charge in [0.05, 0.1) is 21.7 Å². The van der Waals surface area contributed by atoms with E-state index in [0.29, 0.717) is 12.2 Å². The summed E-state index contributed by atoms with van der Waals surface area (Å²) >= 11 is 1.81. The van der Waals surface area contributed by atoms with E-state index >= 15 is 0 Å². The van der Waals surface area contributed by atoms with Crippen molar-refractivity contribution in [2.24, 2.45) is 0 Å². The minimum atomic E-state index is 0.242. The van der Waals surface area contributed by atoms with Crippen LogP contribution in [0.2, 0.25) is 0 Å². The number of aliphatic hydroxyl groups excluding tert-OH is 1. The van der Waals surface area contributed by atoms with E-state index in [4.69, 9.17) is 0 Å². The predicted molar refractivity (Wildman–Crippen MR) is 197 cm³/mol. The van der Waals surface area contributed by atoms with E-state index in [1.807, 2.05) is 24.3 Å². The number of benzene rings is 6. The molecule has 0 bridgehead atoms. The number of rotatable bonds is 5. The summed E-state index contributed by atoms with van der Waals surface area (Å²) in [5, 5.41) is 24.2. The van der Waals surface area contributed by atoms with Crippen molar-refractivity contribution in [1.82, 2.24) is 4.57 Å². The van der Waals surface area contributed by atoms with Gasteiger partial charge in [-0.3, -0.25) is 0 Å². The number of thiophene rings is 1. The quantitative estimate of drug-likeness (QED) is 0.200. The highest BCUT2D eigenvalue weighted by molar-refractivity contribution is 7.26. The van der Waals surface area contributed by atoms with Crippen molar-refractivity contribution in [2.45, 2.75) is 12.8 Å². The van der Waals surface area contributed by atoms with Crippen LogP contribution in [0.15, 0.2) is 145 Å². The fraction of sp³-hybridized carbons (Fsp3) is 0.0476. The lowest BCUT2D eigenvalue weighted by molar-refractivity contribution is 0.390. The summed E-state index contributed by atoms with van der Waals surface area (Å²) in [6, 6.07) is 48.3. The van der Waals surface area contributed by atoms with Gasteiger partial charge in [-0.05, 0) is 96.4 Å². The molecule has 0 saturated heterocycles. The third-order valence-electron chi connectivity index (χ3n) is 9.24. The largest absolute Gasteiger partial charge is 0.512 e. The zero-order valence-corrected chi connectivity index (χ0v) is 26.3. The summed E-state index contributed by atoms with van der Waals surface area (Å²) in [5.41, 5.74) is 9.95. The molecule has 226 valence electrons. The fourth-order valence-electron chi connectivity index (χ4n) is 7.05. The Bertz CT molecular complexity index is 2470. The van der Waals surface area contributed by atoms with Gasteiger partial charge < -0.3 is 19.7 Å². The number of hydrogen-bond donors (Lipinski definition) is 2. The van der Waals surface area contributed by atoms with Crippen LogP contribution in [0.25, 0.3) is 54.0 Å². The standard InChI is InChI=1S/C42H30N2O2S/c45-32-20-18-31(19-21-32)43(40-11-6-10-35-34-9-4-5-12-41(34)47-42(35)40)30-16-13-27(14-17-30)28-15-23-38-36(25-28)37-26-33(46)22-24-39(37)44(38)29-7-2-1-3-8-29/h1-21,23,25-26,45-46H,22,24H2. The summed E-state index contributed by atoms with van der Waals surface area (Å²) in [5.74, 6) is 0.674. The van der Waals surface area contributed by atoms with Crippen molar-refractivity contribution < 1.29 is 10.2 Å². The van der Waals surface area contributed by atoms with Crippen molar-refractivity contribution in [3.05, 3.63) is 157 Å². The van der Waals surface area contributed by atoms with Gasteiger partial charge in [-0.15, -0.1) is 11.3 Å². The average Bonchev–Trinajstić information content (AvgIpc) is 3.65. The number of aromatic nitrogens is 1. The lowest BCUT2D eigenvalue weighted by Gasteiger charge is -2.26. The van der Waals surface area contributed by atoms with Gasteiger partial charge >= 0.3 is 0 Å². The molecule has 0 amide bonds. The molecule has 0 saturated carbocycles. The van der Waals surface area contributed by atoms with Gasteiger partial charge in [0.1, 0.15) is 5.75 Å². The van der Waals surface area contributed by atoms with E-state index in [1.54, 1.807) is 23.5 Å². The molecular formula is C42H30N2O2S. The third-order valence-corrected chi connectivity index (χ3v) is 10.5. The fourth-order valence-corrected chi connectivity index (χ4v) is 8.26. The molecular weight excluding hydrogens is 597 g/mol. The van der Waals surface area contributed by atoms with Gasteiger partial charge in [0.25, 0.3) is 0 Å². The Morgan fingerprint density at radius 2 is 1.30 bits per heavy atom. The molecule has 47 heavy (non-hydrogen) atoms. The molecule has 2 aromatic heterocycles. The number of anilines is 3. The van der Waals surface area contributed by atoms with Gasteiger partial charge in [-0.25, -0.2) is 0 Å². The van der Waals surface area contributed by atoms with E-state index < -0.39 is 0 Å². The highest BCUT2D eigenvalue weighted by atomic mass is 32.1. The summed E-state index contributed by atoms with van der Waals surface area (Å²) in [4.78, 5) is 2.27. The topological polar surface area (TPSA) is 48.6 Å². The number of fused-ring (bicyclic) bond motifs is 6. The molecule has 8 aromatic rings. The first-order valence-electron chi connectivity index (χ1n) is 15.8. The van der Waals surface area contributed by atoms with Crippen LogP contribution in [0.5, 0.6) is 5.75 Å². The van der Waals surface area contributed by atoms with Crippen LogP contribution in [-0.4, -0.2) is 14.8 Å². The second-order valence-electron chi connectivity index (χ2n) is 12.0. The lowest BCUT2D eigenvalue weighted by atomic mass is 9.98. The maximum Gasteiger partial charge on any atom is 0.115 e. The van der Waals surface area contributed by atoms with Crippen LogP contribution in [0.4, 0.5) is 17.1 Å². The molecule has 0 aliphatic heterocycles.